The molecule has 2 nitrogen and oxygen atoms in total. The molecule has 0 aliphatic carbocycles. The average Bonchev–Trinajstić information content (AvgIpc) is 2.31. The van der Waals surface area contributed by atoms with Crippen molar-refractivity contribution in [3.8, 4) is 0 Å². The number of halogens is 1. The summed E-state index contributed by atoms with van der Waals surface area (Å²) >= 11 is 7.15. The second kappa shape index (κ2) is 11.3. The summed E-state index contributed by atoms with van der Waals surface area (Å²) in [5.41, 5.74) is 1.66. The number of thioether (sulfide) groups is 1. The molecule has 5 heteroatoms. The van der Waals surface area contributed by atoms with Gasteiger partial charge < -0.3 is 12.8 Å². The van der Waals surface area contributed by atoms with Gasteiger partial charge in [0.05, 0.1) is 0 Å². The third-order valence-electron chi connectivity index (χ3n) is 2.00. The summed E-state index contributed by atoms with van der Waals surface area (Å²) in [6.45, 7) is 1.69. The largest absolute Gasteiger partial charge is 2.00 e. The predicted molar refractivity (Wildman–Crippen MR) is 77.3 cm³/mol. The third-order valence-corrected chi connectivity index (χ3v) is 3.46. The van der Waals surface area contributed by atoms with Crippen LogP contribution in [0.5, 0.6) is 0 Å². The van der Waals surface area contributed by atoms with E-state index in [0.29, 0.717) is 21.3 Å². The number of rotatable bonds is 5. The predicted octanol–water partition coefficient (Wildman–Crippen LogP) is 4.14. The number of carbonyl (C=O) groups is 1. The zero-order valence-corrected chi connectivity index (χ0v) is 13.4. The van der Waals surface area contributed by atoms with Gasteiger partial charge in [-0.2, -0.15) is 6.21 Å². The number of carbonyl (C=O) groups excluding carboxylic acids is 1. The van der Waals surface area contributed by atoms with E-state index in [1.807, 2.05) is 24.3 Å². The van der Waals surface area contributed by atoms with E-state index in [9.17, 15) is 4.79 Å². The molecule has 1 aromatic carbocycles. The molecule has 0 atom stereocenters. The van der Waals surface area contributed by atoms with Gasteiger partial charge in [-0.05, 0) is 24.6 Å². The molecule has 0 radical (unpaired) electrons. The van der Waals surface area contributed by atoms with E-state index < -0.39 is 0 Å². The van der Waals surface area contributed by atoms with Gasteiger partial charge in [0.2, 0.25) is 0 Å². The van der Waals surface area contributed by atoms with E-state index in [2.05, 4.69) is 0 Å². The van der Waals surface area contributed by atoms with Crippen LogP contribution in [0.25, 0.3) is 5.41 Å². The Hall–Kier alpha value is 0.459. The number of hydrogen-bond donors (Lipinski definition) is 0. The monoisotopic (exact) mass is 441 g/mol. The van der Waals surface area contributed by atoms with Crippen molar-refractivity contribution < 1.29 is 51.7 Å². The number of nitrogens with zero attached hydrogens (tertiary/aromatic N) is 1. The molecule has 0 N–H and O–H groups in total. The number of allylic oxidation sites excluding steroid dienone is 2. The Morgan fingerprint density at radius 3 is 2.39 bits per heavy atom. The molecular weight excluding hydrogens is 427 g/mol. The van der Waals surface area contributed by atoms with Crippen LogP contribution in [-0.4, -0.2) is 12.5 Å². The first kappa shape index (κ1) is 20.8. The molecule has 0 saturated carbocycles. The van der Waals surface area contributed by atoms with Gasteiger partial charge in [0.1, 0.15) is 0 Å². The number of benzene rings is 1. The topological polar surface area (TPSA) is 39.4 Å². The Labute approximate surface area is 156 Å². The van der Waals surface area contributed by atoms with Gasteiger partial charge in [-0.1, -0.05) is 29.3 Å². The molecule has 1 rings (SSSR count). The maximum atomic E-state index is 10.7. The quantitative estimate of drug-likeness (QED) is 0.299. The molecular formula is C13H14ClNOSYb. The van der Waals surface area contributed by atoms with Crippen molar-refractivity contribution in [3.05, 3.63) is 58.2 Å². The first-order chi connectivity index (χ1) is 7.67. The van der Waals surface area contributed by atoms with E-state index in [1.165, 1.54) is 11.8 Å². The summed E-state index contributed by atoms with van der Waals surface area (Å²) in [6, 6.07) is 7.45. The Kier molecular flexibility index (Phi) is 13.0. The minimum absolute atomic E-state index is 0. The SMILES string of the molecule is C/C(C=[N-])=C(/C=O)SCc1ccc(Cl)cc1.[CH3-].[Yb+2]. The molecule has 18 heavy (non-hydrogen) atoms. The standard InChI is InChI=1S/C12H11ClNOS.CH3.Yb/c1-9(6-14)12(7-15)16-8-10-2-4-11(13)5-3-10;;/h2-7H,8H2,1H3;1H3;/q2*-1;+2/b12-9+;;. The molecule has 0 saturated heterocycles. The third kappa shape index (κ3) is 7.15. The summed E-state index contributed by atoms with van der Waals surface area (Å²) < 4.78 is 0. The van der Waals surface area contributed by atoms with Crippen LogP contribution in [-0.2, 0) is 10.5 Å². The zero-order valence-electron chi connectivity index (χ0n) is 10.1. The normalized spacial score (nSPS) is 10.6. The van der Waals surface area contributed by atoms with Gasteiger partial charge >= 0.3 is 46.9 Å². The van der Waals surface area contributed by atoms with Crippen molar-refractivity contribution in [1.29, 1.82) is 0 Å². The molecule has 0 aliphatic rings. The van der Waals surface area contributed by atoms with Crippen molar-refractivity contribution in [3.63, 3.8) is 0 Å². The second-order valence-electron chi connectivity index (χ2n) is 3.21. The fraction of sp³-hybridized carbons (Fsp3) is 0.154. The van der Waals surface area contributed by atoms with E-state index in [0.717, 1.165) is 18.1 Å². The Balaban J connectivity index is 0. The minimum atomic E-state index is 0. The van der Waals surface area contributed by atoms with Crippen LogP contribution < -0.4 is 0 Å². The first-order valence-corrected chi connectivity index (χ1v) is 6.04. The zero-order chi connectivity index (χ0) is 12.0. The molecule has 0 spiro atoms. The Bertz CT molecular complexity index is 418. The van der Waals surface area contributed by atoms with Crippen molar-refractivity contribution >= 4 is 35.9 Å². The summed E-state index contributed by atoms with van der Waals surface area (Å²) in [7, 11) is 0. The summed E-state index contributed by atoms with van der Waals surface area (Å²) in [5, 5.41) is 9.49. The van der Waals surface area contributed by atoms with Crippen LogP contribution in [0.1, 0.15) is 12.5 Å². The van der Waals surface area contributed by atoms with Gasteiger partial charge in [-0.15, -0.1) is 11.8 Å². The average molecular weight is 441 g/mol. The molecule has 0 aliphatic heterocycles. The van der Waals surface area contributed by atoms with Gasteiger partial charge in [0, 0.05) is 15.7 Å². The van der Waals surface area contributed by atoms with Crippen LogP contribution in [0.3, 0.4) is 0 Å². The molecule has 0 aromatic heterocycles. The van der Waals surface area contributed by atoms with E-state index >= 15 is 0 Å². The van der Waals surface area contributed by atoms with Crippen LogP contribution in [0, 0.1) is 54.4 Å². The summed E-state index contributed by atoms with van der Waals surface area (Å²) in [5.74, 6) is 0.677. The minimum Gasteiger partial charge on any atom is -0.810 e. The summed E-state index contributed by atoms with van der Waals surface area (Å²) in [4.78, 5) is 11.3. The van der Waals surface area contributed by atoms with Crippen LogP contribution in [0.15, 0.2) is 34.7 Å². The molecule has 104 valence electrons. The smallest absolute Gasteiger partial charge is 0.810 e. The summed E-state index contributed by atoms with van der Waals surface area (Å²) in [6.07, 6.45) is 1.70. The van der Waals surface area contributed by atoms with Gasteiger partial charge in [-0.3, -0.25) is 4.79 Å². The van der Waals surface area contributed by atoms with Crippen LogP contribution in [0.2, 0.25) is 5.02 Å². The van der Waals surface area contributed by atoms with Crippen molar-refractivity contribution in [2.75, 3.05) is 0 Å². The molecule has 0 amide bonds. The van der Waals surface area contributed by atoms with E-state index in [-0.39, 0.29) is 54.4 Å². The van der Waals surface area contributed by atoms with Gasteiger partial charge in [0.25, 0.3) is 0 Å². The maximum absolute atomic E-state index is 10.7. The maximum Gasteiger partial charge on any atom is 2.00 e. The second-order valence-corrected chi connectivity index (χ2v) is 4.66. The van der Waals surface area contributed by atoms with Crippen molar-refractivity contribution in [2.24, 2.45) is 0 Å². The Morgan fingerprint density at radius 1 is 1.39 bits per heavy atom. The molecule has 0 unspecified atom stereocenters. The molecule has 0 fully saturated rings. The first-order valence-electron chi connectivity index (χ1n) is 4.68. The Morgan fingerprint density at radius 2 is 1.94 bits per heavy atom. The van der Waals surface area contributed by atoms with Crippen molar-refractivity contribution in [2.45, 2.75) is 12.7 Å². The number of hydrogen-bond acceptors (Lipinski definition) is 2. The fourth-order valence-electron chi connectivity index (χ4n) is 1.05. The van der Waals surface area contributed by atoms with Gasteiger partial charge in [-0.25, -0.2) is 0 Å². The molecule has 0 heterocycles. The molecule has 1 aromatic rings. The fourth-order valence-corrected chi connectivity index (χ4v) is 2.04. The molecule has 0 bridgehead atoms. The van der Waals surface area contributed by atoms with Crippen LogP contribution in [0.4, 0.5) is 0 Å². The van der Waals surface area contributed by atoms with E-state index in [1.54, 1.807) is 6.92 Å². The number of aldehydes is 1. The van der Waals surface area contributed by atoms with Gasteiger partial charge in [0.15, 0.2) is 6.29 Å². The van der Waals surface area contributed by atoms with Crippen LogP contribution >= 0.6 is 23.4 Å². The van der Waals surface area contributed by atoms with Crippen molar-refractivity contribution in [1.82, 2.24) is 0 Å². The van der Waals surface area contributed by atoms with E-state index in [4.69, 9.17) is 17.0 Å².